The first kappa shape index (κ1) is 12.3. The Morgan fingerprint density at radius 2 is 1.78 bits per heavy atom. The van der Waals surface area contributed by atoms with Crippen LogP contribution in [0.1, 0.15) is 11.7 Å². The number of carboxylic acids is 1. The van der Waals surface area contributed by atoms with Crippen molar-refractivity contribution in [3.8, 4) is 11.1 Å². The largest absolute Gasteiger partial charge is 0.479 e. The predicted octanol–water partition coefficient (Wildman–Crippen LogP) is 2.61. The highest BCUT2D eigenvalue weighted by molar-refractivity contribution is 5.79. The van der Waals surface area contributed by atoms with E-state index < -0.39 is 17.9 Å². The van der Waals surface area contributed by atoms with E-state index in [1.54, 1.807) is 30.3 Å². The van der Waals surface area contributed by atoms with Gasteiger partial charge in [-0.15, -0.1) is 0 Å². The average molecular weight is 246 g/mol. The number of rotatable bonds is 3. The van der Waals surface area contributed by atoms with Crippen LogP contribution in [0.3, 0.4) is 0 Å². The van der Waals surface area contributed by atoms with Gasteiger partial charge < -0.3 is 10.2 Å². The summed E-state index contributed by atoms with van der Waals surface area (Å²) in [5.74, 6) is -1.84. The molecule has 1 unspecified atom stereocenters. The van der Waals surface area contributed by atoms with Crippen molar-refractivity contribution in [1.29, 1.82) is 0 Å². The predicted molar refractivity (Wildman–Crippen MR) is 64.4 cm³/mol. The van der Waals surface area contributed by atoms with Gasteiger partial charge in [-0.1, -0.05) is 36.4 Å². The highest BCUT2D eigenvalue weighted by atomic mass is 19.1. The Labute approximate surface area is 103 Å². The molecule has 0 aliphatic carbocycles. The van der Waals surface area contributed by atoms with Crippen LogP contribution in [0.2, 0.25) is 0 Å². The van der Waals surface area contributed by atoms with Gasteiger partial charge in [0.1, 0.15) is 5.82 Å². The molecule has 0 saturated carbocycles. The molecule has 0 saturated heterocycles. The molecule has 3 nitrogen and oxygen atoms in total. The average Bonchev–Trinajstić information content (AvgIpc) is 2.39. The van der Waals surface area contributed by atoms with Crippen LogP contribution in [0.5, 0.6) is 0 Å². The van der Waals surface area contributed by atoms with E-state index in [4.69, 9.17) is 5.11 Å². The van der Waals surface area contributed by atoms with E-state index in [2.05, 4.69) is 0 Å². The van der Waals surface area contributed by atoms with Crippen LogP contribution in [0.25, 0.3) is 11.1 Å². The lowest BCUT2D eigenvalue weighted by atomic mass is 9.96. The normalized spacial score (nSPS) is 12.1. The first-order valence-electron chi connectivity index (χ1n) is 5.35. The topological polar surface area (TPSA) is 57.5 Å². The lowest BCUT2D eigenvalue weighted by Crippen LogP contribution is -2.11. The molecule has 0 fully saturated rings. The smallest absolute Gasteiger partial charge is 0.337 e. The lowest BCUT2D eigenvalue weighted by molar-refractivity contribution is -0.146. The molecule has 0 bridgehead atoms. The quantitative estimate of drug-likeness (QED) is 0.875. The minimum atomic E-state index is -1.67. The van der Waals surface area contributed by atoms with Gasteiger partial charge in [0.15, 0.2) is 6.10 Å². The molecule has 92 valence electrons. The van der Waals surface area contributed by atoms with Crippen molar-refractivity contribution in [3.63, 3.8) is 0 Å². The van der Waals surface area contributed by atoms with Crippen LogP contribution >= 0.6 is 0 Å². The van der Waals surface area contributed by atoms with Crippen molar-refractivity contribution in [3.05, 3.63) is 59.9 Å². The third kappa shape index (κ3) is 2.38. The van der Waals surface area contributed by atoms with Gasteiger partial charge in [0.25, 0.3) is 0 Å². The zero-order valence-corrected chi connectivity index (χ0v) is 9.38. The summed E-state index contributed by atoms with van der Waals surface area (Å²) in [7, 11) is 0. The van der Waals surface area contributed by atoms with Crippen LogP contribution < -0.4 is 0 Å². The second-order valence-corrected chi connectivity index (χ2v) is 3.84. The maximum absolute atomic E-state index is 13.3. The summed E-state index contributed by atoms with van der Waals surface area (Å²) >= 11 is 0. The van der Waals surface area contributed by atoms with Gasteiger partial charge in [0.05, 0.1) is 0 Å². The Hall–Kier alpha value is -2.20. The fraction of sp³-hybridized carbons (Fsp3) is 0.0714. The Bertz CT molecular complexity index is 567. The van der Waals surface area contributed by atoms with Crippen molar-refractivity contribution < 1.29 is 19.4 Å². The number of aliphatic hydroxyl groups excluding tert-OH is 1. The van der Waals surface area contributed by atoms with Crippen molar-refractivity contribution in [2.45, 2.75) is 6.10 Å². The number of carboxylic acid groups (broad SMARTS) is 1. The van der Waals surface area contributed by atoms with Gasteiger partial charge in [-0.05, 0) is 28.8 Å². The number of hydrogen-bond donors (Lipinski definition) is 2. The molecule has 0 aliphatic heterocycles. The third-order valence-corrected chi connectivity index (χ3v) is 2.63. The molecule has 2 aromatic rings. The Morgan fingerprint density at radius 1 is 1.11 bits per heavy atom. The lowest BCUT2D eigenvalue weighted by Gasteiger charge is -2.12. The summed E-state index contributed by atoms with van der Waals surface area (Å²) in [5.41, 5.74) is 1.22. The molecule has 0 aliphatic rings. The maximum atomic E-state index is 13.3. The summed E-state index contributed by atoms with van der Waals surface area (Å²) in [6.07, 6.45) is -1.67. The molecule has 0 aromatic heterocycles. The minimum absolute atomic E-state index is 0.176. The van der Waals surface area contributed by atoms with E-state index in [1.807, 2.05) is 0 Å². The molecule has 0 spiro atoms. The summed E-state index contributed by atoms with van der Waals surface area (Å²) in [6, 6.07) is 12.4. The highest BCUT2D eigenvalue weighted by Gasteiger charge is 2.20. The van der Waals surface area contributed by atoms with Crippen molar-refractivity contribution in [1.82, 2.24) is 0 Å². The van der Waals surface area contributed by atoms with Gasteiger partial charge >= 0.3 is 5.97 Å². The van der Waals surface area contributed by atoms with Gasteiger partial charge in [-0.3, -0.25) is 0 Å². The summed E-state index contributed by atoms with van der Waals surface area (Å²) in [6.45, 7) is 0. The molecule has 0 radical (unpaired) electrons. The SMILES string of the molecule is O=C(O)C(O)c1ccc(F)cc1-c1ccccc1. The molecule has 0 amide bonds. The molecular formula is C14H11FO3. The molecule has 18 heavy (non-hydrogen) atoms. The fourth-order valence-electron chi connectivity index (χ4n) is 1.77. The van der Waals surface area contributed by atoms with E-state index in [0.717, 1.165) is 6.07 Å². The first-order chi connectivity index (χ1) is 8.59. The molecule has 2 aromatic carbocycles. The van der Waals surface area contributed by atoms with Crippen molar-refractivity contribution in [2.24, 2.45) is 0 Å². The molecule has 1 atom stereocenters. The Balaban J connectivity index is 2.58. The zero-order valence-electron chi connectivity index (χ0n) is 9.38. The molecule has 2 N–H and O–H groups in total. The van der Waals surface area contributed by atoms with Gasteiger partial charge in [0.2, 0.25) is 0 Å². The minimum Gasteiger partial charge on any atom is -0.479 e. The summed E-state index contributed by atoms with van der Waals surface area (Å²) in [5, 5.41) is 18.4. The number of halogens is 1. The third-order valence-electron chi connectivity index (χ3n) is 2.63. The number of hydrogen-bond acceptors (Lipinski definition) is 2. The number of aliphatic hydroxyl groups is 1. The van der Waals surface area contributed by atoms with Crippen molar-refractivity contribution in [2.75, 3.05) is 0 Å². The van der Waals surface area contributed by atoms with E-state index in [9.17, 15) is 14.3 Å². The maximum Gasteiger partial charge on any atom is 0.337 e. The molecule has 0 heterocycles. The van der Waals surface area contributed by atoms with Crippen LogP contribution in [-0.4, -0.2) is 16.2 Å². The monoisotopic (exact) mass is 246 g/mol. The zero-order chi connectivity index (χ0) is 13.1. The standard InChI is InChI=1S/C14H11FO3/c15-10-6-7-11(13(16)14(17)18)12(8-10)9-4-2-1-3-5-9/h1-8,13,16H,(H,17,18). The van der Waals surface area contributed by atoms with Crippen molar-refractivity contribution >= 4 is 5.97 Å². The Kier molecular flexibility index (Phi) is 3.39. The van der Waals surface area contributed by atoms with Gasteiger partial charge in [0, 0.05) is 0 Å². The number of carbonyl (C=O) groups is 1. The summed E-state index contributed by atoms with van der Waals surface area (Å²) < 4.78 is 13.3. The van der Waals surface area contributed by atoms with E-state index in [-0.39, 0.29) is 5.56 Å². The van der Waals surface area contributed by atoms with E-state index in [0.29, 0.717) is 11.1 Å². The van der Waals surface area contributed by atoms with Gasteiger partial charge in [-0.25, -0.2) is 9.18 Å². The van der Waals surface area contributed by atoms with E-state index in [1.165, 1.54) is 12.1 Å². The molecule has 4 heteroatoms. The number of benzene rings is 2. The van der Waals surface area contributed by atoms with Crippen LogP contribution in [0, 0.1) is 5.82 Å². The fourth-order valence-corrected chi connectivity index (χ4v) is 1.77. The molecule has 2 rings (SSSR count). The molecular weight excluding hydrogens is 235 g/mol. The van der Waals surface area contributed by atoms with Crippen LogP contribution in [0.4, 0.5) is 4.39 Å². The van der Waals surface area contributed by atoms with Gasteiger partial charge in [-0.2, -0.15) is 0 Å². The highest BCUT2D eigenvalue weighted by Crippen LogP contribution is 2.29. The summed E-state index contributed by atoms with van der Waals surface area (Å²) in [4.78, 5) is 10.8. The van der Waals surface area contributed by atoms with Crippen LogP contribution in [-0.2, 0) is 4.79 Å². The number of aliphatic carboxylic acids is 1. The Morgan fingerprint density at radius 3 is 2.39 bits per heavy atom. The second kappa shape index (κ2) is 4.98. The van der Waals surface area contributed by atoms with Crippen LogP contribution in [0.15, 0.2) is 48.5 Å². The second-order valence-electron chi connectivity index (χ2n) is 3.84. The first-order valence-corrected chi connectivity index (χ1v) is 5.35. The van der Waals surface area contributed by atoms with E-state index >= 15 is 0 Å².